The van der Waals surface area contributed by atoms with E-state index in [1.54, 1.807) is 11.3 Å². The third-order valence-electron chi connectivity index (χ3n) is 2.33. The van der Waals surface area contributed by atoms with Gasteiger partial charge in [-0.3, -0.25) is 9.20 Å². The number of rotatable bonds is 4. The molecule has 5 nitrogen and oxygen atoms in total. The number of thiazole rings is 1. The molecular formula is C10H14N4OS. The molecule has 0 atom stereocenters. The Labute approximate surface area is 97.3 Å². The van der Waals surface area contributed by atoms with Crippen molar-refractivity contribution in [2.24, 2.45) is 5.73 Å². The Morgan fingerprint density at radius 1 is 1.62 bits per heavy atom. The number of fused-ring (bicyclic) bond motifs is 1. The molecule has 2 rings (SSSR count). The van der Waals surface area contributed by atoms with Gasteiger partial charge in [-0.2, -0.15) is 0 Å². The van der Waals surface area contributed by atoms with Crippen LogP contribution in [0.25, 0.3) is 4.96 Å². The highest BCUT2D eigenvalue weighted by Crippen LogP contribution is 2.20. The Morgan fingerprint density at radius 3 is 3.06 bits per heavy atom. The first-order valence-corrected chi connectivity index (χ1v) is 5.82. The van der Waals surface area contributed by atoms with Gasteiger partial charge in [-0.1, -0.05) is 0 Å². The molecule has 2 aromatic heterocycles. The van der Waals surface area contributed by atoms with Crippen LogP contribution in [0, 0.1) is 13.8 Å². The molecular weight excluding hydrogens is 224 g/mol. The molecule has 0 spiro atoms. The van der Waals surface area contributed by atoms with Gasteiger partial charge in [-0.05, 0) is 13.8 Å². The van der Waals surface area contributed by atoms with Gasteiger partial charge in [0.15, 0.2) is 4.96 Å². The number of hydrogen-bond donors (Lipinski definition) is 2. The molecule has 2 aromatic rings. The average Bonchev–Trinajstić information content (AvgIpc) is 2.64. The summed E-state index contributed by atoms with van der Waals surface area (Å²) in [5.74, 6) is -0.347. The normalized spacial score (nSPS) is 11.1. The summed E-state index contributed by atoms with van der Waals surface area (Å²) in [5, 5.41) is 3.00. The van der Waals surface area contributed by atoms with Crippen molar-refractivity contribution >= 4 is 22.2 Å². The maximum atomic E-state index is 10.6. The molecule has 0 aromatic carbocycles. The predicted molar refractivity (Wildman–Crippen MR) is 63.4 cm³/mol. The number of primary amides is 1. The van der Waals surface area contributed by atoms with Crippen LogP contribution in [0.15, 0.2) is 6.20 Å². The fraction of sp³-hybridized carbons (Fsp3) is 0.400. The number of nitrogens with one attached hydrogen (secondary N) is 1. The number of imidazole rings is 1. The molecule has 3 N–H and O–H groups in total. The monoisotopic (exact) mass is 238 g/mol. The summed E-state index contributed by atoms with van der Waals surface area (Å²) in [6, 6.07) is 0. The Morgan fingerprint density at radius 2 is 2.38 bits per heavy atom. The van der Waals surface area contributed by atoms with E-state index in [1.807, 2.05) is 6.92 Å². The number of aryl methyl sites for hydroxylation is 2. The summed E-state index contributed by atoms with van der Waals surface area (Å²) in [6.07, 6.45) is 2.06. The Hall–Kier alpha value is -1.40. The van der Waals surface area contributed by atoms with Gasteiger partial charge in [0, 0.05) is 17.6 Å². The second-order valence-electron chi connectivity index (χ2n) is 3.71. The summed E-state index contributed by atoms with van der Waals surface area (Å²) in [6.45, 7) is 4.81. The lowest BCUT2D eigenvalue weighted by Gasteiger charge is -2.02. The van der Waals surface area contributed by atoms with Gasteiger partial charge in [-0.25, -0.2) is 4.98 Å². The largest absolute Gasteiger partial charge is 0.369 e. The summed E-state index contributed by atoms with van der Waals surface area (Å²) < 4.78 is 2.06. The minimum atomic E-state index is -0.347. The zero-order chi connectivity index (χ0) is 11.7. The second-order valence-corrected chi connectivity index (χ2v) is 4.92. The van der Waals surface area contributed by atoms with E-state index in [9.17, 15) is 4.79 Å². The summed E-state index contributed by atoms with van der Waals surface area (Å²) in [5.41, 5.74) is 7.14. The zero-order valence-electron chi connectivity index (χ0n) is 9.28. The lowest BCUT2D eigenvalue weighted by atomic mass is 10.3. The number of amides is 1. The molecule has 0 aliphatic heterocycles. The summed E-state index contributed by atoms with van der Waals surface area (Å²) in [4.78, 5) is 17.3. The SMILES string of the molecule is Cc1cn2c(CNCC(N)=O)c(C)nc2s1. The molecule has 0 saturated carbocycles. The van der Waals surface area contributed by atoms with E-state index in [2.05, 4.69) is 27.8 Å². The maximum absolute atomic E-state index is 10.6. The van der Waals surface area contributed by atoms with E-state index in [0.717, 1.165) is 16.3 Å². The van der Waals surface area contributed by atoms with Gasteiger partial charge in [0.25, 0.3) is 0 Å². The maximum Gasteiger partial charge on any atom is 0.231 e. The van der Waals surface area contributed by atoms with E-state index in [4.69, 9.17) is 5.73 Å². The molecule has 16 heavy (non-hydrogen) atoms. The van der Waals surface area contributed by atoms with Gasteiger partial charge in [0.2, 0.25) is 5.91 Å². The highest BCUT2D eigenvalue weighted by Gasteiger charge is 2.10. The van der Waals surface area contributed by atoms with Crippen molar-refractivity contribution in [2.75, 3.05) is 6.54 Å². The minimum absolute atomic E-state index is 0.190. The lowest BCUT2D eigenvalue weighted by molar-refractivity contribution is -0.117. The molecule has 0 unspecified atom stereocenters. The van der Waals surface area contributed by atoms with Crippen LogP contribution in [0.5, 0.6) is 0 Å². The molecule has 0 bridgehead atoms. The van der Waals surface area contributed by atoms with E-state index in [0.29, 0.717) is 6.54 Å². The number of carbonyl (C=O) groups excluding carboxylic acids is 1. The molecule has 0 aliphatic carbocycles. The van der Waals surface area contributed by atoms with Crippen LogP contribution in [-0.4, -0.2) is 21.8 Å². The minimum Gasteiger partial charge on any atom is -0.369 e. The van der Waals surface area contributed by atoms with Gasteiger partial charge in [-0.15, -0.1) is 11.3 Å². The van der Waals surface area contributed by atoms with Crippen LogP contribution in [-0.2, 0) is 11.3 Å². The molecule has 6 heteroatoms. The van der Waals surface area contributed by atoms with Crippen molar-refractivity contribution in [1.29, 1.82) is 0 Å². The Bertz CT molecular complexity index is 528. The van der Waals surface area contributed by atoms with Crippen LogP contribution in [0.4, 0.5) is 0 Å². The number of nitrogens with zero attached hydrogens (tertiary/aromatic N) is 2. The number of nitrogens with two attached hydrogens (primary N) is 1. The number of hydrogen-bond acceptors (Lipinski definition) is 4. The number of carbonyl (C=O) groups is 1. The lowest BCUT2D eigenvalue weighted by Crippen LogP contribution is -2.28. The summed E-state index contributed by atoms with van der Waals surface area (Å²) >= 11 is 1.66. The van der Waals surface area contributed by atoms with Crippen molar-refractivity contribution in [3.8, 4) is 0 Å². The van der Waals surface area contributed by atoms with E-state index < -0.39 is 0 Å². The molecule has 86 valence electrons. The predicted octanol–water partition coefficient (Wildman–Crippen LogP) is 0.588. The smallest absolute Gasteiger partial charge is 0.231 e. The van der Waals surface area contributed by atoms with Crippen LogP contribution in [0.1, 0.15) is 16.3 Å². The van der Waals surface area contributed by atoms with E-state index >= 15 is 0 Å². The Kier molecular flexibility index (Phi) is 2.93. The Balaban J connectivity index is 2.21. The first kappa shape index (κ1) is 11.1. The highest BCUT2D eigenvalue weighted by molar-refractivity contribution is 7.17. The van der Waals surface area contributed by atoms with Crippen LogP contribution < -0.4 is 11.1 Å². The second kappa shape index (κ2) is 4.23. The molecule has 0 fully saturated rings. The van der Waals surface area contributed by atoms with Crippen molar-refractivity contribution in [2.45, 2.75) is 20.4 Å². The molecule has 2 heterocycles. The van der Waals surface area contributed by atoms with Gasteiger partial charge >= 0.3 is 0 Å². The van der Waals surface area contributed by atoms with E-state index in [-0.39, 0.29) is 12.5 Å². The van der Waals surface area contributed by atoms with Crippen molar-refractivity contribution < 1.29 is 4.79 Å². The van der Waals surface area contributed by atoms with Gasteiger partial charge in [0.1, 0.15) is 0 Å². The molecule has 0 radical (unpaired) electrons. The van der Waals surface area contributed by atoms with Gasteiger partial charge < -0.3 is 11.1 Å². The van der Waals surface area contributed by atoms with Crippen molar-refractivity contribution in [3.05, 3.63) is 22.5 Å². The fourth-order valence-corrected chi connectivity index (χ4v) is 2.52. The van der Waals surface area contributed by atoms with Gasteiger partial charge in [0.05, 0.1) is 17.9 Å². The summed E-state index contributed by atoms with van der Waals surface area (Å²) in [7, 11) is 0. The molecule has 0 aliphatic rings. The first-order chi connectivity index (χ1) is 7.58. The van der Waals surface area contributed by atoms with Crippen LogP contribution >= 0.6 is 11.3 Å². The third-order valence-corrected chi connectivity index (χ3v) is 3.23. The highest BCUT2D eigenvalue weighted by atomic mass is 32.1. The van der Waals surface area contributed by atoms with Crippen LogP contribution in [0.3, 0.4) is 0 Å². The topological polar surface area (TPSA) is 72.4 Å². The average molecular weight is 238 g/mol. The van der Waals surface area contributed by atoms with Crippen LogP contribution in [0.2, 0.25) is 0 Å². The molecule has 0 saturated heterocycles. The standard InChI is InChI=1S/C10H14N4OS/c1-6-5-14-8(3-12-4-9(11)15)7(2)13-10(14)16-6/h5,12H,3-4H2,1-2H3,(H2,11,15). The molecule has 1 amide bonds. The quantitative estimate of drug-likeness (QED) is 0.818. The number of aromatic nitrogens is 2. The first-order valence-electron chi connectivity index (χ1n) is 5.01. The third kappa shape index (κ3) is 2.07. The van der Waals surface area contributed by atoms with Crippen molar-refractivity contribution in [3.63, 3.8) is 0 Å². The zero-order valence-corrected chi connectivity index (χ0v) is 10.1. The fourth-order valence-electron chi connectivity index (χ4n) is 1.63. The van der Waals surface area contributed by atoms with E-state index in [1.165, 1.54) is 4.88 Å². The van der Waals surface area contributed by atoms with Crippen molar-refractivity contribution in [1.82, 2.24) is 14.7 Å².